The summed E-state index contributed by atoms with van der Waals surface area (Å²) >= 11 is 18.6. The van der Waals surface area contributed by atoms with Crippen molar-refractivity contribution in [2.45, 2.75) is 53.2 Å². The van der Waals surface area contributed by atoms with E-state index in [1.165, 1.54) is 11.1 Å². The first kappa shape index (κ1) is 28.7. The molecule has 0 fully saturated rings. The molecule has 32 heavy (non-hydrogen) atoms. The summed E-state index contributed by atoms with van der Waals surface area (Å²) in [6.45, 7) is 14.4. The number of rotatable bonds is 5. The number of nitrogens with one attached hydrogen (secondary N) is 1. The lowest BCUT2D eigenvalue weighted by Crippen LogP contribution is -2.24. The van der Waals surface area contributed by atoms with Gasteiger partial charge in [0.15, 0.2) is 0 Å². The van der Waals surface area contributed by atoms with Crippen LogP contribution in [0.5, 0.6) is 0 Å². The molecule has 0 bridgehead atoms. The molecular weight excluding hydrogens is 461 g/mol. The largest absolute Gasteiger partial charge is 0.379 e. The molecule has 0 radical (unpaired) electrons. The minimum absolute atomic E-state index is 0.331. The Morgan fingerprint density at radius 2 is 1.66 bits per heavy atom. The van der Waals surface area contributed by atoms with E-state index in [2.05, 4.69) is 44.0 Å². The first-order valence-electron chi connectivity index (χ1n) is 11.2. The molecule has 0 aliphatic heterocycles. The maximum absolute atomic E-state index is 8.52. The van der Waals surface area contributed by atoms with Crippen LogP contribution in [-0.2, 0) is 0 Å². The predicted octanol–water partition coefficient (Wildman–Crippen LogP) is 8.62. The summed E-state index contributed by atoms with van der Waals surface area (Å²) < 4.78 is 0. The van der Waals surface area contributed by atoms with E-state index in [-0.39, 0.29) is 0 Å². The third kappa shape index (κ3) is 8.92. The number of hydrogen-bond acceptors (Lipinski definition) is 2. The topological polar surface area (TPSA) is 32.3 Å². The van der Waals surface area contributed by atoms with Crippen molar-refractivity contribution >= 4 is 40.4 Å². The second-order valence-electron chi connectivity index (χ2n) is 7.80. The monoisotopic (exact) mass is 495 g/mol. The number of halogens is 3. The van der Waals surface area contributed by atoms with Gasteiger partial charge in [-0.15, -0.1) is 6.58 Å². The van der Waals surface area contributed by atoms with Crippen LogP contribution in [0.1, 0.15) is 58.1 Å². The van der Waals surface area contributed by atoms with E-state index in [4.69, 9.17) is 39.9 Å². The van der Waals surface area contributed by atoms with Gasteiger partial charge in [0.1, 0.15) is 6.23 Å². The van der Waals surface area contributed by atoms with Crippen LogP contribution in [-0.4, -0.2) is 17.9 Å². The van der Waals surface area contributed by atoms with Crippen molar-refractivity contribution in [2.75, 3.05) is 6.54 Å². The number of benzene rings is 2. The van der Waals surface area contributed by atoms with Crippen molar-refractivity contribution < 1.29 is 5.11 Å². The lowest BCUT2D eigenvalue weighted by molar-refractivity contribution is 0.162. The van der Waals surface area contributed by atoms with E-state index < -0.39 is 6.23 Å². The number of aliphatic hydroxyl groups excluding tert-OH is 1. The van der Waals surface area contributed by atoms with Gasteiger partial charge < -0.3 is 5.11 Å². The first-order valence-corrected chi connectivity index (χ1v) is 12.3. The van der Waals surface area contributed by atoms with Crippen molar-refractivity contribution in [3.05, 3.63) is 87.4 Å². The Balaban J connectivity index is 0.000000488. The standard InChI is InChI=1S/C20H19Cl3.C5H11NO.C2H6/c1-12-9-18(14-3-5-15(21)6-4-14)19(10-13(12)2)17-8-7-16(22)11-20(17)23;1-3-4-6-5(2)7;1-2/h3-8,10-13,18H,9H2,1-2H3;3,5-7H,1,4H2,2H3;1-2H3. The minimum Gasteiger partial charge on any atom is -0.379 e. The normalized spacial score (nSPS) is 20.7. The van der Waals surface area contributed by atoms with Gasteiger partial charge in [0.25, 0.3) is 0 Å². The number of hydrogen-bond donors (Lipinski definition) is 2. The molecule has 1 aliphatic rings. The van der Waals surface area contributed by atoms with Crippen molar-refractivity contribution in [1.29, 1.82) is 0 Å². The lowest BCUT2D eigenvalue weighted by Gasteiger charge is -2.33. The summed E-state index contributed by atoms with van der Waals surface area (Å²) in [7, 11) is 0. The molecule has 0 amide bonds. The van der Waals surface area contributed by atoms with Crippen LogP contribution < -0.4 is 5.32 Å². The third-order valence-corrected chi connectivity index (χ3v) is 6.19. The van der Waals surface area contributed by atoms with Crippen molar-refractivity contribution in [1.82, 2.24) is 5.32 Å². The summed E-state index contributed by atoms with van der Waals surface area (Å²) in [5.74, 6) is 1.49. The maximum atomic E-state index is 8.52. The average molecular weight is 497 g/mol. The molecular formula is C27H36Cl3NO. The van der Waals surface area contributed by atoms with Gasteiger partial charge in [-0.1, -0.05) is 92.8 Å². The zero-order valence-corrected chi connectivity index (χ0v) is 22.0. The molecule has 5 heteroatoms. The van der Waals surface area contributed by atoms with E-state index in [0.717, 1.165) is 17.0 Å². The molecule has 2 nitrogen and oxygen atoms in total. The number of allylic oxidation sites excluding steroid dienone is 2. The summed E-state index contributed by atoms with van der Waals surface area (Å²) in [5.41, 5.74) is 3.65. The van der Waals surface area contributed by atoms with Crippen LogP contribution >= 0.6 is 34.8 Å². The lowest BCUT2D eigenvalue weighted by atomic mass is 9.72. The van der Waals surface area contributed by atoms with E-state index in [1.54, 1.807) is 13.0 Å². The zero-order chi connectivity index (χ0) is 24.3. The molecule has 4 atom stereocenters. The van der Waals surface area contributed by atoms with Gasteiger partial charge in [-0.25, -0.2) is 0 Å². The van der Waals surface area contributed by atoms with E-state index in [1.807, 2.05) is 44.2 Å². The Morgan fingerprint density at radius 1 is 1.06 bits per heavy atom. The van der Waals surface area contributed by atoms with E-state index >= 15 is 0 Å². The smallest absolute Gasteiger partial charge is 0.102 e. The Bertz CT molecular complexity index is 862. The molecule has 2 aromatic rings. The molecule has 0 heterocycles. The van der Waals surface area contributed by atoms with Crippen molar-refractivity contribution in [3.63, 3.8) is 0 Å². The van der Waals surface area contributed by atoms with Crippen molar-refractivity contribution in [3.8, 4) is 0 Å². The number of aliphatic hydroxyl groups is 1. The SMILES string of the molecule is C=CCNC(C)O.CC.CC1C=C(c2ccc(Cl)cc2Cl)C(c2ccc(Cl)cc2)CC1C. The minimum atomic E-state index is -0.419. The Labute approximate surface area is 209 Å². The summed E-state index contributed by atoms with van der Waals surface area (Å²) in [6, 6.07) is 13.9. The van der Waals surface area contributed by atoms with Gasteiger partial charge in [-0.3, -0.25) is 5.32 Å². The fraction of sp³-hybridized carbons (Fsp3) is 0.407. The molecule has 0 saturated heterocycles. The highest BCUT2D eigenvalue weighted by Crippen LogP contribution is 2.46. The van der Waals surface area contributed by atoms with Crippen LogP contribution in [0.2, 0.25) is 15.1 Å². The highest BCUT2D eigenvalue weighted by atomic mass is 35.5. The van der Waals surface area contributed by atoms with Gasteiger partial charge >= 0.3 is 0 Å². The molecule has 0 spiro atoms. The van der Waals surface area contributed by atoms with Crippen LogP contribution in [0, 0.1) is 11.8 Å². The van der Waals surface area contributed by atoms with E-state index in [0.29, 0.717) is 34.3 Å². The molecule has 2 N–H and O–H groups in total. The van der Waals surface area contributed by atoms with Crippen molar-refractivity contribution in [2.24, 2.45) is 11.8 Å². The summed E-state index contributed by atoms with van der Waals surface area (Å²) in [5, 5.41) is 13.4. The summed E-state index contributed by atoms with van der Waals surface area (Å²) in [4.78, 5) is 0. The van der Waals surface area contributed by atoms with Crippen LogP contribution in [0.15, 0.2) is 61.2 Å². The highest BCUT2D eigenvalue weighted by molar-refractivity contribution is 6.35. The van der Waals surface area contributed by atoms with Crippen LogP contribution in [0.25, 0.3) is 5.57 Å². The fourth-order valence-electron chi connectivity index (χ4n) is 3.54. The molecule has 3 rings (SSSR count). The molecule has 1 aliphatic carbocycles. The molecule has 2 aromatic carbocycles. The fourth-order valence-corrected chi connectivity index (χ4v) is 4.19. The quantitative estimate of drug-likeness (QED) is 0.321. The van der Waals surface area contributed by atoms with E-state index in [9.17, 15) is 0 Å². The highest BCUT2D eigenvalue weighted by Gasteiger charge is 2.29. The Hall–Kier alpha value is -1.29. The molecule has 176 valence electrons. The molecule has 0 aromatic heterocycles. The van der Waals surface area contributed by atoms with Gasteiger partial charge in [0, 0.05) is 27.5 Å². The maximum Gasteiger partial charge on any atom is 0.102 e. The zero-order valence-electron chi connectivity index (χ0n) is 19.7. The van der Waals surface area contributed by atoms with Gasteiger partial charge in [-0.2, -0.15) is 0 Å². The Kier molecular flexibility index (Phi) is 13.3. The average Bonchev–Trinajstić information content (AvgIpc) is 2.76. The first-order chi connectivity index (χ1) is 15.2. The van der Waals surface area contributed by atoms with Gasteiger partial charge in [0.05, 0.1) is 0 Å². The predicted molar refractivity (Wildman–Crippen MR) is 143 cm³/mol. The molecule has 4 unspecified atom stereocenters. The summed E-state index contributed by atoms with van der Waals surface area (Å²) in [6.07, 6.45) is 4.75. The second-order valence-corrected chi connectivity index (χ2v) is 9.08. The van der Waals surface area contributed by atoms with Crippen LogP contribution in [0.4, 0.5) is 0 Å². The Morgan fingerprint density at radius 3 is 2.16 bits per heavy atom. The third-order valence-electron chi connectivity index (χ3n) is 5.40. The molecule has 0 saturated carbocycles. The van der Waals surface area contributed by atoms with Gasteiger partial charge in [-0.05, 0) is 66.1 Å². The second kappa shape index (κ2) is 14.8. The van der Waals surface area contributed by atoms with Crippen LogP contribution in [0.3, 0.4) is 0 Å². The van der Waals surface area contributed by atoms with Gasteiger partial charge in [0.2, 0.25) is 0 Å².